The summed E-state index contributed by atoms with van der Waals surface area (Å²) in [4.78, 5) is 15.8. The quantitative estimate of drug-likeness (QED) is 0.167. The zero-order valence-corrected chi connectivity index (χ0v) is 38.9. The van der Waals surface area contributed by atoms with Crippen LogP contribution in [0, 0.1) is 0 Å². The minimum Gasteiger partial charge on any atom is -0.456 e. The molecule has 0 aliphatic carbocycles. The summed E-state index contributed by atoms with van der Waals surface area (Å²) in [5.41, 5.74) is 12.4. The van der Waals surface area contributed by atoms with Gasteiger partial charge in [-0.15, -0.1) is 22.7 Å². The van der Waals surface area contributed by atoms with Crippen molar-refractivity contribution in [3.8, 4) is 62.1 Å². The summed E-state index contributed by atoms with van der Waals surface area (Å²) in [6, 6.07) is 77.9. The zero-order chi connectivity index (χ0) is 45.9. The van der Waals surface area contributed by atoms with Crippen molar-refractivity contribution in [1.82, 2.24) is 19.5 Å². The van der Waals surface area contributed by atoms with Gasteiger partial charge in [0.2, 0.25) is 0 Å². The molecule has 10 aromatic carbocycles. The third kappa shape index (κ3) is 6.12. The number of hydrogen-bond donors (Lipinski definition) is 0. The highest BCUT2D eigenvalue weighted by atomic mass is 32.1. The average Bonchev–Trinajstić information content (AvgIpc) is 4.19. The molecule has 5 nitrogen and oxygen atoms in total. The van der Waals surface area contributed by atoms with Gasteiger partial charge in [0.25, 0.3) is 0 Å². The molecule has 5 heterocycles. The van der Waals surface area contributed by atoms with Crippen molar-refractivity contribution in [2.75, 3.05) is 0 Å². The Labute approximate surface area is 408 Å². The number of thiophene rings is 2. The Kier molecular flexibility index (Phi) is 8.63. The smallest absolute Gasteiger partial charge is 0.164 e. The molecular formula is C63H36N4OS2. The van der Waals surface area contributed by atoms with Crippen LogP contribution in [-0.2, 0) is 0 Å². The first-order valence-electron chi connectivity index (χ1n) is 23.4. The van der Waals surface area contributed by atoms with Gasteiger partial charge in [-0.1, -0.05) is 133 Å². The summed E-state index contributed by atoms with van der Waals surface area (Å²) in [6.07, 6.45) is 0. The largest absolute Gasteiger partial charge is 0.456 e. The number of aromatic nitrogens is 4. The highest BCUT2D eigenvalue weighted by Gasteiger charge is 2.22. The summed E-state index contributed by atoms with van der Waals surface area (Å²) in [7, 11) is 0. The van der Waals surface area contributed by atoms with E-state index in [1.165, 1.54) is 62.4 Å². The van der Waals surface area contributed by atoms with E-state index in [0.717, 1.165) is 66.3 Å². The molecule has 0 radical (unpaired) electrons. The van der Waals surface area contributed by atoms with Gasteiger partial charge in [-0.25, -0.2) is 15.0 Å². The van der Waals surface area contributed by atoms with Gasteiger partial charge in [0.05, 0.1) is 11.0 Å². The molecule has 0 unspecified atom stereocenters. The van der Waals surface area contributed by atoms with Gasteiger partial charge in [0, 0.05) is 84.3 Å². The number of benzene rings is 10. The van der Waals surface area contributed by atoms with Crippen LogP contribution in [0.3, 0.4) is 0 Å². The molecule has 0 amide bonds. The normalized spacial score (nSPS) is 12.0. The van der Waals surface area contributed by atoms with Crippen LogP contribution in [0.2, 0.25) is 0 Å². The SMILES string of the molecule is c1ccc(-c2nc(-c3ccc4c(c3)c3ccccc3n4-c3ccccc3)nc(-c3cccc4oc5ccc(-c6cc(-c7ccc8c(c7)sc7ccccc78)cc7sc8ccccc8c67)cc5c34)n2)cc1. The molecule has 15 aromatic rings. The average molecular weight is 929 g/mol. The molecule has 7 heteroatoms. The molecule has 0 bridgehead atoms. The Morgan fingerprint density at radius 3 is 1.80 bits per heavy atom. The molecule has 326 valence electrons. The fourth-order valence-corrected chi connectivity index (χ4v) is 13.0. The van der Waals surface area contributed by atoms with Crippen LogP contribution >= 0.6 is 22.7 Å². The standard InChI is InChI=1S/C63H36N4OS2/c1-3-14-37(15-4-1)61-64-62(40-27-30-52-49(33-40)43-18-7-10-22-51(43)67(52)42-16-5-2-6-17-42)66-63(65-61)47-21-13-23-54-59(47)50-32-39(28-31-53(50)68-54)48-34-41(36-58-60(48)46-20-9-12-25-56(46)70-58)38-26-29-45-44-19-8-11-24-55(44)69-57(45)35-38/h1-36H. The minimum atomic E-state index is 0.583. The van der Waals surface area contributed by atoms with Crippen LogP contribution in [0.1, 0.15) is 0 Å². The Hall–Kier alpha value is -8.75. The van der Waals surface area contributed by atoms with Gasteiger partial charge in [0.1, 0.15) is 11.2 Å². The third-order valence-corrected chi connectivity index (χ3v) is 16.1. The van der Waals surface area contributed by atoms with E-state index in [1.807, 2.05) is 53.0 Å². The third-order valence-electron chi connectivity index (χ3n) is 13.9. The maximum absolute atomic E-state index is 6.69. The fraction of sp³-hybridized carbons (Fsp3) is 0. The Morgan fingerprint density at radius 2 is 0.943 bits per heavy atom. The van der Waals surface area contributed by atoms with Crippen molar-refractivity contribution < 1.29 is 4.42 Å². The monoisotopic (exact) mass is 928 g/mol. The second-order valence-electron chi connectivity index (χ2n) is 17.9. The van der Waals surface area contributed by atoms with Crippen molar-refractivity contribution in [3.05, 3.63) is 218 Å². The summed E-state index contributed by atoms with van der Waals surface area (Å²) >= 11 is 3.71. The van der Waals surface area contributed by atoms with Crippen molar-refractivity contribution in [2.45, 2.75) is 0 Å². The number of hydrogen-bond acceptors (Lipinski definition) is 6. The van der Waals surface area contributed by atoms with E-state index in [4.69, 9.17) is 19.4 Å². The van der Waals surface area contributed by atoms with Crippen LogP contribution in [0.15, 0.2) is 223 Å². The van der Waals surface area contributed by atoms with Gasteiger partial charge in [-0.3, -0.25) is 0 Å². The van der Waals surface area contributed by atoms with E-state index in [0.29, 0.717) is 17.5 Å². The van der Waals surface area contributed by atoms with E-state index in [1.54, 1.807) is 0 Å². The van der Waals surface area contributed by atoms with E-state index < -0.39 is 0 Å². The second-order valence-corrected chi connectivity index (χ2v) is 20.1. The van der Waals surface area contributed by atoms with Gasteiger partial charge in [0.15, 0.2) is 17.5 Å². The predicted octanol–water partition coefficient (Wildman–Crippen LogP) is 17.9. The summed E-state index contributed by atoms with van der Waals surface area (Å²) in [5, 5.41) is 9.41. The molecule has 70 heavy (non-hydrogen) atoms. The van der Waals surface area contributed by atoms with Gasteiger partial charge in [-0.05, 0) is 107 Å². The predicted molar refractivity (Wildman–Crippen MR) is 294 cm³/mol. The minimum absolute atomic E-state index is 0.583. The second kappa shape index (κ2) is 15.4. The highest BCUT2D eigenvalue weighted by Crippen LogP contribution is 2.46. The molecule has 5 aromatic heterocycles. The lowest BCUT2D eigenvalue weighted by molar-refractivity contribution is 0.669. The molecule has 0 spiro atoms. The summed E-state index contributed by atoms with van der Waals surface area (Å²) in [6.45, 7) is 0. The van der Waals surface area contributed by atoms with E-state index in [2.05, 4.69) is 193 Å². The van der Waals surface area contributed by atoms with Crippen molar-refractivity contribution >= 4 is 107 Å². The first-order chi connectivity index (χ1) is 34.7. The Morgan fingerprint density at radius 1 is 0.314 bits per heavy atom. The topological polar surface area (TPSA) is 56.7 Å². The van der Waals surface area contributed by atoms with E-state index >= 15 is 0 Å². The van der Waals surface area contributed by atoms with E-state index in [9.17, 15) is 0 Å². The number of furan rings is 1. The summed E-state index contributed by atoms with van der Waals surface area (Å²) < 4.78 is 14.2. The van der Waals surface area contributed by atoms with Gasteiger partial charge in [-0.2, -0.15) is 0 Å². The van der Waals surface area contributed by atoms with Crippen molar-refractivity contribution in [1.29, 1.82) is 0 Å². The van der Waals surface area contributed by atoms with Crippen LogP contribution in [0.5, 0.6) is 0 Å². The van der Waals surface area contributed by atoms with Crippen LogP contribution in [0.25, 0.3) is 146 Å². The molecule has 0 fully saturated rings. The molecule has 0 N–H and O–H groups in total. The lowest BCUT2D eigenvalue weighted by Gasteiger charge is -2.11. The molecule has 15 rings (SSSR count). The molecule has 0 saturated carbocycles. The highest BCUT2D eigenvalue weighted by molar-refractivity contribution is 7.26. The molecular weight excluding hydrogens is 893 g/mol. The fourth-order valence-electron chi connectivity index (χ4n) is 10.6. The van der Waals surface area contributed by atoms with Crippen LogP contribution in [0.4, 0.5) is 0 Å². The maximum Gasteiger partial charge on any atom is 0.164 e. The number of nitrogens with zero attached hydrogens (tertiary/aromatic N) is 4. The van der Waals surface area contributed by atoms with Crippen molar-refractivity contribution in [3.63, 3.8) is 0 Å². The van der Waals surface area contributed by atoms with E-state index in [-0.39, 0.29) is 0 Å². The zero-order valence-electron chi connectivity index (χ0n) is 37.3. The lowest BCUT2D eigenvalue weighted by atomic mass is 9.93. The molecule has 0 aliphatic rings. The number of fused-ring (bicyclic) bond motifs is 12. The first kappa shape index (κ1) is 39.3. The van der Waals surface area contributed by atoms with Gasteiger partial charge >= 0.3 is 0 Å². The first-order valence-corrected chi connectivity index (χ1v) is 25.0. The molecule has 0 saturated heterocycles. The Balaban J connectivity index is 0.924. The Bertz CT molecular complexity index is 4600. The molecule has 0 aliphatic heterocycles. The lowest BCUT2D eigenvalue weighted by Crippen LogP contribution is -2.00. The summed E-state index contributed by atoms with van der Waals surface area (Å²) in [5.74, 6) is 1.79. The van der Waals surface area contributed by atoms with Gasteiger partial charge < -0.3 is 8.98 Å². The van der Waals surface area contributed by atoms with Crippen LogP contribution in [-0.4, -0.2) is 19.5 Å². The maximum atomic E-state index is 6.69. The number of para-hydroxylation sites is 2. The van der Waals surface area contributed by atoms with Crippen LogP contribution < -0.4 is 0 Å². The number of rotatable bonds is 6. The molecule has 0 atom stereocenters. The van der Waals surface area contributed by atoms with Crippen molar-refractivity contribution in [2.24, 2.45) is 0 Å².